The van der Waals surface area contributed by atoms with Gasteiger partial charge < -0.3 is 19.8 Å². The molecule has 2 N–H and O–H groups in total. The van der Waals surface area contributed by atoms with Gasteiger partial charge in [0.1, 0.15) is 11.4 Å². The number of aryl methyl sites for hydroxylation is 3. The summed E-state index contributed by atoms with van der Waals surface area (Å²) in [4.78, 5) is 13.8. The number of carbonyl (C=O) groups is 1. The number of allylic oxidation sites excluding steroid dienone is 1. The van der Waals surface area contributed by atoms with Crippen molar-refractivity contribution >= 4 is 74.1 Å². The summed E-state index contributed by atoms with van der Waals surface area (Å²) in [6.07, 6.45) is 1.19. The van der Waals surface area contributed by atoms with Gasteiger partial charge in [-0.05, 0) is 73.1 Å². The molecule has 8 nitrogen and oxygen atoms in total. The summed E-state index contributed by atoms with van der Waals surface area (Å²) in [5.74, 6) is 2.05. The van der Waals surface area contributed by atoms with Crippen LogP contribution in [0.4, 0.5) is 0 Å². The van der Waals surface area contributed by atoms with Crippen LogP contribution in [0.1, 0.15) is 53.3 Å². The topological polar surface area (TPSA) is 93.7 Å². The van der Waals surface area contributed by atoms with Crippen LogP contribution in [0.5, 0.6) is 5.75 Å². The lowest BCUT2D eigenvalue weighted by Gasteiger charge is -2.16. The van der Waals surface area contributed by atoms with E-state index >= 15 is 0 Å². The molecule has 1 aliphatic heterocycles. The third kappa shape index (κ3) is 6.64. The summed E-state index contributed by atoms with van der Waals surface area (Å²) in [5, 5.41) is 23.4. The van der Waals surface area contributed by atoms with Crippen molar-refractivity contribution in [3.8, 4) is 5.75 Å². The van der Waals surface area contributed by atoms with Crippen LogP contribution in [0.2, 0.25) is 5.02 Å². The lowest BCUT2D eigenvalue weighted by Crippen LogP contribution is -2.10. The number of rotatable bonds is 3. The summed E-state index contributed by atoms with van der Waals surface area (Å²) < 4.78 is 10.2. The molecule has 5 aromatic rings. The van der Waals surface area contributed by atoms with Crippen LogP contribution < -0.4 is 10.2 Å². The number of hydrogen-bond acceptors (Lipinski definition) is 7. The first-order valence-corrected chi connectivity index (χ1v) is 18.0. The van der Waals surface area contributed by atoms with E-state index < -0.39 is 5.97 Å². The Labute approximate surface area is 288 Å². The monoisotopic (exact) mass is 687 g/mol. The normalized spacial score (nSPS) is 16.7. The third-order valence-corrected chi connectivity index (χ3v) is 11.0. The largest absolute Gasteiger partial charge is 0.493 e. The minimum Gasteiger partial charge on any atom is -0.493 e. The molecule has 0 aliphatic carbocycles. The Kier molecular flexibility index (Phi) is 9.91. The highest BCUT2D eigenvalue weighted by Crippen LogP contribution is 2.39. The maximum atomic E-state index is 12.7. The van der Waals surface area contributed by atoms with E-state index in [1.165, 1.54) is 0 Å². The molecule has 11 heteroatoms. The van der Waals surface area contributed by atoms with Crippen LogP contribution in [-0.4, -0.2) is 50.5 Å². The first-order chi connectivity index (χ1) is 22.7. The summed E-state index contributed by atoms with van der Waals surface area (Å²) in [5.41, 5.74) is 10.6. The van der Waals surface area contributed by atoms with Gasteiger partial charge in [-0.15, -0.1) is 11.8 Å². The van der Waals surface area contributed by atoms with Crippen molar-refractivity contribution in [2.75, 3.05) is 19.4 Å². The van der Waals surface area contributed by atoms with E-state index in [1.54, 1.807) is 35.1 Å². The van der Waals surface area contributed by atoms with Crippen LogP contribution >= 0.6 is 35.1 Å². The number of ether oxygens (including phenoxy) is 1. The number of aromatic carboxylic acids is 1. The first-order valence-electron chi connectivity index (χ1n) is 15.5. The van der Waals surface area contributed by atoms with E-state index in [0.29, 0.717) is 30.2 Å². The van der Waals surface area contributed by atoms with Crippen LogP contribution in [0.3, 0.4) is 0 Å². The molecule has 6 rings (SSSR count). The minimum absolute atomic E-state index is 0.268. The van der Waals surface area contributed by atoms with Gasteiger partial charge in [-0.1, -0.05) is 41.9 Å². The SMILES string of the molecule is CN/N=C(C)\C1=C(/C)c2c(Cl)ccc3c(c(C(=O)O)n(C)c23)CCCOc2cc(cc3ccccc23)SCc2cc(nn2C)CSC1. The molecule has 47 heavy (non-hydrogen) atoms. The molecule has 3 heterocycles. The maximum absolute atomic E-state index is 12.7. The smallest absolute Gasteiger partial charge is 0.352 e. The van der Waals surface area contributed by atoms with Crippen molar-refractivity contribution in [3.63, 3.8) is 0 Å². The highest BCUT2D eigenvalue weighted by Gasteiger charge is 2.25. The Hall–Kier alpha value is -3.86. The van der Waals surface area contributed by atoms with Gasteiger partial charge >= 0.3 is 5.97 Å². The number of aromatic nitrogens is 3. The quantitative estimate of drug-likeness (QED) is 0.146. The van der Waals surface area contributed by atoms with E-state index in [1.807, 2.05) is 50.0 Å². The molecule has 244 valence electrons. The number of halogens is 1. The van der Waals surface area contributed by atoms with Crippen molar-refractivity contribution < 1.29 is 14.6 Å². The average molecular weight is 688 g/mol. The van der Waals surface area contributed by atoms with E-state index in [0.717, 1.165) is 83.2 Å². The molecule has 1 aliphatic rings. The van der Waals surface area contributed by atoms with Crippen molar-refractivity contribution in [3.05, 3.63) is 93.4 Å². The summed E-state index contributed by atoms with van der Waals surface area (Å²) in [7, 11) is 5.60. The zero-order chi connectivity index (χ0) is 33.2. The number of carboxylic acids is 1. The highest BCUT2D eigenvalue weighted by molar-refractivity contribution is 7.98. The molecule has 0 amide bonds. The van der Waals surface area contributed by atoms with Crippen LogP contribution in [0.15, 0.2) is 70.2 Å². The van der Waals surface area contributed by atoms with E-state index in [4.69, 9.17) is 21.4 Å². The number of nitrogens with one attached hydrogen (secondary N) is 1. The van der Waals surface area contributed by atoms with Gasteiger partial charge in [0, 0.05) is 65.3 Å². The molecule has 0 saturated heterocycles. The first kappa shape index (κ1) is 33.1. The van der Waals surface area contributed by atoms with Gasteiger partial charge in [-0.2, -0.15) is 22.0 Å². The number of fused-ring (bicyclic) bond motifs is 6. The zero-order valence-electron chi connectivity index (χ0n) is 27.2. The Morgan fingerprint density at radius 2 is 1.89 bits per heavy atom. The Morgan fingerprint density at radius 1 is 1.09 bits per heavy atom. The Balaban J connectivity index is 1.49. The molecule has 0 saturated carbocycles. The third-order valence-electron chi connectivity index (χ3n) is 8.69. The molecule has 0 atom stereocenters. The lowest BCUT2D eigenvalue weighted by atomic mass is 9.96. The molecule has 3 aromatic carbocycles. The second kappa shape index (κ2) is 14.1. The second-order valence-corrected chi connectivity index (χ2v) is 14.1. The molecular weight excluding hydrogens is 650 g/mol. The molecule has 8 bridgehead atoms. The number of nitrogens with zero attached hydrogens (tertiary/aromatic N) is 4. The minimum atomic E-state index is -0.966. The van der Waals surface area contributed by atoms with Crippen LogP contribution in [0.25, 0.3) is 27.2 Å². The number of thioether (sulfide) groups is 2. The standard InChI is InChI=1S/C36H38ClN5O3S2/c1-21-30(22(2)39-38-3)20-46-18-24-16-25(42(5)40-24)19-47-26-15-23-9-6-7-10-27(23)32(17-26)45-14-8-11-28-29-12-13-31(37)33(21)34(29)41(4)35(28)36(43)44/h6-7,9-10,12-13,15-17,38H,8,11,14,18-20H2,1-5H3,(H,43,44)/b30-21+,39-22-. The average Bonchev–Trinajstić information content (AvgIpc) is 3.54. The van der Waals surface area contributed by atoms with Gasteiger partial charge in [-0.3, -0.25) is 4.68 Å². The maximum Gasteiger partial charge on any atom is 0.352 e. The lowest BCUT2D eigenvalue weighted by molar-refractivity contribution is 0.0685. The fraction of sp³-hybridized carbons (Fsp3) is 0.306. The highest BCUT2D eigenvalue weighted by atomic mass is 35.5. The van der Waals surface area contributed by atoms with Gasteiger partial charge in [0.25, 0.3) is 0 Å². The van der Waals surface area contributed by atoms with Crippen molar-refractivity contribution in [2.24, 2.45) is 19.2 Å². The number of hydrazone groups is 1. The molecule has 0 unspecified atom stereocenters. The van der Waals surface area contributed by atoms with Crippen LogP contribution in [0, 0.1) is 0 Å². The predicted octanol–water partition coefficient (Wildman–Crippen LogP) is 8.34. The summed E-state index contributed by atoms with van der Waals surface area (Å²) in [6, 6.07) is 18.6. The van der Waals surface area contributed by atoms with Gasteiger partial charge in [0.05, 0.1) is 28.6 Å². The molecule has 0 fully saturated rings. The summed E-state index contributed by atoms with van der Waals surface area (Å²) >= 11 is 10.5. The fourth-order valence-electron chi connectivity index (χ4n) is 6.43. The van der Waals surface area contributed by atoms with Crippen molar-refractivity contribution in [1.82, 2.24) is 19.8 Å². The molecule has 0 radical (unpaired) electrons. The van der Waals surface area contributed by atoms with Crippen molar-refractivity contribution in [1.29, 1.82) is 0 Å². The predicted molar refractivity (Wildman–Crippen MR) is 196 cm³/mol. The number of hydrogen-bond donors (Lipinski definition) is 2. The Bertz CT molecular complexity index is 2060. The van der Waals surface area contributed by atoms with Gasteiger partial charge in [-0.25, -0.2) is 4.79 Å². The fourth-order valence-corrected chi connectivity index (χ4v) is 8.79. The molecular formula is C36H38ClN5O3S2. The van der Waals surface area contributed by atoms with Gasteiger partial charge in [0.2, 0.25) is 0 Å². The second-order valence-electron chi connectivity index (χ2n) is 11.7. The zero-order valence-corrected chi connectivity index (χ0v) is 29.6. The van der Waals surface area contributed by atoms with E-state index in [9.17, 15) is 9.90 Å². The number of benzene rings is 3. The number of carboxylic acid groups (broad SMARTS) is 1. The van der Waals surface area contributed by atoms with Gasteiger partial charge in [0.15, 0.2) is 0 Å². The van der Waals surface area contributed by atoms with E-state index in [-0.39, 0.29) is 5.69 Å². The van der Waals surface area contributed by atoms with Crippen molar-refractivity contribution in [2.45, 2.75) is 43.1 Å². The van der Waals surface area contributed by atoms with Crippen LogP contribution in [-0.2, 0) is 32.0 Å². The molecule has 0 spiro atoms. The summed E-state index contributed by atoms with van der Waals surface area (Å²) in [6.45, 7) is 4.48. The Morgan fingerprint density at radius 3 is 2.68 bits per heavy atom. The van der Waals surface area contributed by atoms with E-state index in [2.05, 4.69) is 47.8 Å². The molecule has 2 aromatic heterocycles.